The van der Waals surface area contributed by atoms with Gasteiger partial charge in [0.2, 0.25) is 0 Å². The monoisotopic (exact) mass is 464 g/mol. The van der Waals surface area contributed by atoms with Gasteiger partial charge in [-0.3, -0.25) is 0 Å². The molecule has 0 aliphatic rings. The number of phenols is 2. The Morgan fingerprint density at radius 2 is 1.27 bits per heavy atom. The highest BCUT2D eigenvalue weighted by Gasteiger charge is 2.32. The molecule has 2 nitrogen and oxygen atoms in total. The molecule has 0 aliphatic carbocycles. The van der Waals surface area contributed by atoms with Crippen molar-refractivity contribution in [2.24, 2.45) is 0 Å². The van der Waals surface area contributed by atoms with Gasteiger partial charge < -0.3 is 10.2 Å². The predicted octanol–water partition coefficient (Wildman–Crippen LogP) is 7.88. The Kier molecular flexibility index (Phi) is 9.38. The zero-order chi connectivity index (χ0) is 22.5. The maximum Gasteiger partial charge on any atom is 0.142 e. The van der Waals surface area contributed by atoms with Crippen LogP contribution in [0.25, 0.3) is 0 Å². The van der Waals surface area contributed by atoms with Crippen molar-refractivity contribution in [2.45, 2.75) is 81.4 Å². The topological polar surface area (TPSA) is 40.5 Å². The van der Waals surface area contributed by atoms with E-state index in [9.17, 15) is 10.2 Å². The number of phenolic OH excluding ortho intramolecular Hbond substituents is 2. The van der Waals surface area contributed by atoms with Crippen molar-refractivity contribution < 1.29 is 10.2 Å². The molecule has 0 aromatic heterocycles. The number of rotatable bonds is 10. The van der Waals surface area contributed by atoms with Gasteiger partial charge in [0.15, 0.2) is 0 Å². The summed E-state index contributed by atoms with van der Waals surface area (Å²) in [6, 6.07) is 6.16. The molecular formula is C25H36O2S3. The van der Waals surface area contributed by atoms with Gasteiger partial charge in [-0.25, -0.2) is 0 Å². The van der Waals surface area contributed by atoms with Gasteiger partial charge in [-0.15, -0.1) is 35.3 Å². The quantitative estimate of drug-likeness (QED) is 0.350. The molecule has 0 aliphatic heterocycles. The minimum atomic E-state index is -0.243. The molecule has 0 bridgehead atoms. The van der Waals surface area contributed by atoms with Crippen molar-refractivity contribution in [2.75, 3.05) is 17.3 Å². The fourth-order valence-corrected chi connectivity index (χ4v) is 6.85. The zero-order valence-corrected chi connectivity index (χ0v) is 21.8. The molecule has 2 aromatic rings. The molecule has 0 saturated carbocycles. The highest BCUT2D eigenvalue weighted by Crippen LogP contribution is 2.48. The summed E-state index contributed by atoms with van der Waals surface area (Å²) in [6.07, 6.45) is 1.75. The second kappa shape index (κ2) is 11.1. The Morgan fingerprint density at radius 1 is 0.733 bits per heavy atom. The highest BCUT2D eigenvalue weighted by molar-refractivity contribution is 8.00. The van der Waals surface area contributed by atoms with Gasteiger partial charge in [0.05, 0.1) is 14.7 Å². The second-order valence-electron chi connectivity index (χ2n) is 7.65. The smallest absolute Gasteiger partial charge is 0.142 e. The van der Waals surface area contributed by atoms with E-state index in [1.54, 1.807) is 35.3 Å². The van der Waals surface area contributed by atoms with Crippen LogP contribution in [0.2, 0.25) is 0 Å². The molecule has 166 valence electrons. The van der Waals surface area contributed by atoms with Crippen LogP contribution >= 0.6 is 35.3 Å². The van der Waals surface area contributed by atoms with E-state index in [-0.39, 0.29) is 5.41 Å². The van der Waals surface area contributed by atoms with Crippen LogP contribution < -0.4 is 0 Å². The standard InChI is InChI=1S/C25H36O2S3/c1-8-16-18(13-14-20(26)23(16)29-11-4)25(6,7)19-15-21(28-10-3)22(27)24(30-12-5)17(19)9-2/h13-15,26-27H,8-12H2,1-7H3. The summed E-state index contributed by atoms with van der Waals surface area (Å²) < 4.78 is 0. The molecule has 0 radical (unpaired) electrons. The summed E-state index contributed by atoms with van der Waals surface area (Å²) in [5.41, 5.74) is 4.77. The van der Waals surface area contributed by atoms with E-state index in [4.69, 9.17) is 0 Å². The average molecular weight is 465 g/mol. The van der Waals surface area contributed by atoms with Crippen molar-refractivity contribution in [1.82, 2.24) is 0 Å². The molecule has 2 rings (SSSR count). The van der Waals surface area contributed by atoms with E-state index in [0.717, 1.165) is 44.8 Å². The maximum atomic E-state index is 11.0. The fourth-order valence-electron chi connectivity index (χ4n) is 4.14. The van der Waals surface area contributed by atoms with Crippen molar-refractivity contribution in [3.8, 4) is 11.5 Å². The molecule has 2 aromatic carbocycles. The third-order valence-corrected chi connectivity index (χ3v) is 8.45. The van der Waals surface area contributed by atoms with Gasteiger partial charge in [-0.2, -0.15) is 0 Å². The van der Waals surface area contributed by atoms with Crippen LogP contribution in [0.4, 0.5) is 0 Å². The predicted molar refractivity (Wildman–Crippen MR) is 136 cm³/mol. The molecule has 5 heteroatoms. The first-order chi connectivity index (χ1) is 14.3. The molecule has 0 spiro atoms. The van der Waals surface area contributed by atoms with E-state index in [1.165, 1.54) is 22.3 Å². The van der Waals surface area contributed by atoms with Crippen LogP contribution in [-0.4, -0.2) is 27.5 Å². The Bertz CT molecular complexity index is 875. The van der Waals surface area contributed by atoms with E-state index < -0.39 is 0 Å². The summed E-state index contributed by atoms with van der Waals surface area (Å²) >= 11 is 5.15. The van der Waals surface area contributed by atoms with Gasteiger partial charge in [0.1, 0.15) is 11.5 Å². The number of hydrogen-bond acceptors (Lipinski definition) is 5. The number of hydrogen-bond donors (Lipinski definition) is 2. The van der Waals surface area contributed by atoms with Gasteiger partial charge in [0.25, 0.3) is 0 Å². The van der Waals surface area contributed by atoms with Crippen molar-refractivity contribution >= 4 is 35.3 Å². The van der Waals surface area contributed by atoms with E-state index in [1.807, 2.05) is 6.07 Å². The Labute approximate surface area is 195 Å². The molecule has 30 heavy (non-hydrogen) atoms. The molecule has 0 unspecified atom stereocenters. The normalized spacial score (nSPS) is 11.8. The largest absolute Gasteiger partial charge is 0.507 e. The lowest BCUT2D eigenvalue weighted by atomic mass is 9.73. The first-order valence-corrected chi connectivity index (χ1v) is 13.9. The number of aromatic hydroxyl groups is 2. The van der Waals surface area contributed by atoms with Crippen LogP contribution in [-0.2, 0) is 18.3 Å². The van der Waals surface area contributed by atoms with Crippen LogP contribution in [0.15, 0.2) is 32.9 Å². The summed E-state index contributed by atoms with van der Waals surface area (Å²) in [5, 5.41) is 21.5. The zero-order valence-electron chi connectivity index (χ0n) is 19.4. The molecule has 0 saturated heterocycles. The van der Waals surface area contributed by atoms with Crippen molar-refractivity contribution in [1.29, 1.82) is 0 Å². The average Bonchev–Trinajstić information content (AvgIpc) is 2.72. The highest BCUT2D eigenvalue weighted by atomic mass is 32.2. The number of benzene rings is 2. The third kappa shape index (κ3) is 4.94. The van der Waals surface area contributed by atoms with Gasteiger partial charge in [-0.1, -0.05) is 54.5 Å². The summed E-state index contributed by atoms with van der Waals surface area (Å²) in [5.74, 6) is 3.60. The summed E-state index contributed by atoms with van der Waals surface area (Å²) in [4.78, 5) is 3.00. The SMILES string of the molecule is CCSc1cc(C(C)(C)c2ccc(O)c(SCC)c2CC)c(CC)c(SCC)c1O. The lowest BCUT2D eigenvalue weighted by molar-refractivity contribution is 0.445. The van der Waals surface area contributed by atoms with E-state index >= 15 is 0 Å². The minimum Gasteiger partial charge on any atom is -0.507 e. The Morgan fingerprint density at radius 3 is 1.80 bits per heavy atom. The number of thioether (sulfide) groups is 3. The van der Waals surface area contributed by atoms with Crippen molar-refractivity contribution in [3.05, 3.63) is 40.5 Å². The Balaban J connectivity index is 2.83. The summed E-state index contributed by atoms with van der Waals surface area (Å²) in [6.45, 7) is 15.3. The first kappa shape index (κ1) is 25.4. The molecule has 0 amide bonds. The Hall–Kier alpha value is -0.910. The molecule has 2 N–H and O–H groups in total. The first-order valence-electron chi connectivity index (χ1n) is 10.9. The molecule has 0 heterocycles. The van der Waals surface area contributed by atoms with Crippen LogP contribution in [0.5, 0.6) is 11.5 Å². The lowest BCUT2D eigenvalue weighted by Gasteiger charge is -2.33. The van der Waals surface area contributed by atoms with Gasteiger partial charge in [-0.05, 0) is 64.5 Å². The van der Waals surface area contributed by atoms with Gasteiger partial charge >= 0.3 is 0 Å². The van der Waals surface area contributed by atoms with Crippen LogP contribution in [0, 0.1) is 0 Å². The van der Waals surface area contributed by atoms with Crippen molar-refractivity contribution in [3.63, 3.8) is 0 Å². The minimum absolute atomic E-state index is 0.243. The second-order valence-corrected chi connectivity index (χ2v) is 11.5. The van der Waals surface area contributed by atoms with Crippen LogP contribution in [0.3, 0.4) is 0 Å². The van der Waals surface area contributed by atoms with E-state index in [2.05, 4.69) is 60.6 Å². The maximum absolute atomic E-state index is 11.0. The third-order valence-electron chi connectivity index (χ3n) is 5.49. The van der Waals surface area contributed by atoms with Crippen LogP contribution in [0.1, 0.15) is 70.7 Å². The van der Waals surface area contributed by atoms with E-state index in [0.29, 0.717) is 11.5 Å². The summed E-state index contributed by atoms with van der Waals surface area (Å²) in [7, 11) is 0. The molecule has 0 atom stereocenters. The van der Waals surface area contributed by atoms with Gasteiger partial charge in [0, 0.05) is 5.41 Å². The fraction of sp³-hybridized carbons (Fsp3) is 0.520. The lowest BCUT2D eigenvalue weighted by Crippen LogP contribution is -2.24. The molecular weight excluding hydrogens is 428 g/mol. The molecule has 0 fully saturated rings.